The zero-order valence-electron chi connectivity index (χ0n) is 10.0. The molecule has 0 aliphatic carbocycles. The van der Waals surface area contributed by atoms with Gasteiger partial charge in [0.25, 0.3) is 0 Å². The highest BCUT2D eigenvalue weighted by Gasteiger charge is 2.32. The molecule has 4 heteroatoms. The fraction of sp³-hybridized carbons (Fsp3) is 0.133. The highest BCUT2D eigenvalue weighted by molar-refractivity contribution is 5.34. The molecule has 0 aliphatic rings. The summed E-state index contributed by atoms with van der Waals surface area (Å²) in [7, 11) is 0. The standard InChI is InChI=1S/C15H11F2NO/c16-15(17,13-4-2-1-3-5-13)11-19-14-8-6-12(10-18)7-9-14/h1-9H,11H2. The van der Waals surface area contributed by atoms with E-state index in [4.69, 9.17) is 10.00 Å². The van der Waals surface area contributed by atoms with Crippen LogP contribution < -0.4 is 4.74 Å². The van der Waals surface area contributed by atoms with Crippen molar-refractivity contribution in [1.29, 1.82) is 5.26 Å². The van der Waals surface area contributed by atoms with Crippen molar-refractivity contribution in [2.45, 2.75) is 5.92 Å². The number of halogens is 2. The molecule has 0 bridgehead atoms. The van der Waals surface area contributed by atoms with Crippen molar-refractivity contribution in [3.63, 3.8) is 0 Å². The molecule has 0 saturated heterocycles. The number of rotatable bonds is 4. The zero-order chi connectivity index (χ0) is 13.7. The first-order valence-corrected chi connectivity index (χ1v) is 5.68. The zero-order valence-corrected chi connectivity index (χ0v) is 10.0. The van der Waals surface area contributed by atoms with Crippen molar-refractivity contribution < 1.29 is 13.5 Å². The number of benzene rings is 2. The van der Waals surface area contributed by atoms with Crippen LogP contribution in [-0.4, -0.2) is 6.61 Å². The van der Waals surface area contributed by atoms with Crippen molar-refractivity contribution in [2.75, 3.05) is 6.61 Å². The number of ether oxygens (including phenoxy) is 1. The minimum atomic E-state index is -3.05. The summed E-state index contributed by atoms with van der Waals surface area (Å²) in [5, 5.41) is 8.63. The lowest BCUT2D eigenvalue weighted by Crippen LogP contribution is -2.23. The molecule has 2 aromatic carbocycles. The Kier molecular flexibility index (Phi) is 3.76. The molecule has 0 heterocycles. The fourth-order valence-corrected chi connectivity index (χ4v) is 1.56. The number of hydrogen-bond donors (Lipinski definition) is 0. The third kappa shape index (κ3) is 3.29. The Labute approximate surface area is 109 Å². The van der Waals surface area contributed by atoms with E-state index in [1.807, 2.05) is 6.07 Å². The molecule has 0 aliphatic heterocycles. The average Bonchev–Trinajstić information content (AvgIpc) is 2.47. The molecule has 0 N–H and O–H groups in total. The summed E-state index contributed by atoms with van der Waals surface area (Å²) in [4.78, 5) is 0. The summed E-state index contributed by atoms with van der Waals surface area (Å²) < 4.78 is 32.7. The maximum Gasteiger partial charge on any atom is 0.306 e. The number of nitrogens with zero attached hydrogens (tertiary/aromatic N) is 1. The molecule has 0 amide bonds. The van der Waals surface area contributed by atoms with Crippen molar-refractivity contribution in [3.8, 4) is 11.8 Å². The predicted molar refractivity (Wildman–Crippen MR) is 67.0 cm³/mol. The molecule has 19 heavy (non-hydrogen) atoms. The van der Waals surface area contributed by atoms with Crippen molar-refractivity contribution in [1.82, 2.24) is 0 Å². The number of hydrogen-bond acceptors (Lipinski definition) is 2. The largest absolute Gasteiger partial charge is 0.487 e. The molecule has 96 valence electrons. The molecule has 0 unspecified atom stereocenters. The third-order valence-corrected chi connectivity index (χ3v) is 2.60. The van der Waals surface area contributed by atoms with E-state index in [0.717, 1.165) is 0 Å². The Hall–Kier alpha value is -2.41. The van der Waals surface area contributed by atoms with E-state index in [-0.39, 0.29) is 5.56 Å². The van der Waals surface area contributed by atoms with Gasteiger partial charge in [0, 0.05) is 5.56 Å². The molecule has 2 nitrogen and oxygen atoms in total. The van der Waals surface area contributed by atoms with Crippen LogP contribution in [0.15, 0.2) is 54.6 Å². The van der Waals surface area contributed by atoms with Gasteiger partial charge >= 0.3 is 5.92 Å². The fourth-order valence-electron chi connectivity index (χ4n) is 1.56. The third-order valence-electron chi connectivity index (χ3n) is 2.60. The normalized spacial score (nSPS) is 10.8. The Bertz CT molecular complexity index is 573. The lowest BCUT2D eigenvalue weighted by Gasteiger charge is -2.17. The van der Waals surface area contributed by atoms with Gasteiger partial charge in [-0.1, -0.05) is 30.3 Å². The van der Waals surface area contributed by atoms with E-state index in [9.17, 15) is 8.78 Å². The monoisotopic (exact) mass is 259 g/mol. The van der Waals surface area contributed by atoms with Gasteiger partial charge in [0.05, 0.1) is 11.6 Å². The van der Waals surface area contributed by atoms with Crippen LogP contribution in [0.4, 0.5) is 8.78 Å². The van der Waals surface area contributed by atoms with Crippen molar-refractivity contribution in [3.05, 3.63) is 65.7 Å². The van der Waals surface area contributed by atoms with Crippen LogP contribution in [0.1, 0.15) is 11.1 Å². The summed E-state index contributed by atoms with van der Waals surface area (Å²) in [6.07, 6.45) is 0. The topological polar surface area (TPSA) is 33.0 Å². The van der Waals surface area contributed by atoms with Gasteiger partial charge in [0.2, 0.25) is 0 Å². The molecule has 2 rings (SSSR count). The van der Waals surface area contributed by atoms with Crippen LogP contribution in [0.3, 0.4) is 0 Å². The lowest BCUT2D eigenvalue weighted by molar-refractivity contribution is -0.0467. The molecular weight excluding hydrogens is 248 g/mol. The summed E-state index contributed by atoms with van der Waals surface area (Å²) in [6.45, 7) is -0.733. The molecule has 0 atom stereocenters. The van der Waals surface area contributed by atoms with E-state index in [0.29, 0.717) is 11.3 Å². The van der Waals surface area contributed by atoms with E-state index in [1.165, 1.54) is 36.4 Å². The van der Waals surface area contributed by atoms with Crippen LogP contribution in [0.25, 0.3) is 0 Å². The summed E-state index contributed by atoms with van der Waals surface area (Å²) in [6, 6.07) is 15.5. The van der Waals surface area contributed by atoms with Crippen molar-refractivity contribution in [2.24, 2.45) is 0 Å². The molecule has 0 fully saturated rings. The van der Waals surface area contributed by atoms with Gasteiger partial charge in [-0.3, -0.25) is 0 Å². The number of alkyl halides is 2. The second kappa shape index (κ2) is 5.49. The second-order valence-corrected chi connectivity index (χ2v) is 4.00. The minimum absolute atomic E-state index is 0.0800. The summed E-state index contributed by atoms with van der Waals surface area (Å²) >= 11 is 0. The Morgan fingerprint density at radius 3 is 2.21 bits per heavy atom. The van der Waals surface area contributed by atoms with Crippen LogP contribution in [0.5, 0.6) is 5.75 Å². The highest BCUT2D eigenvalue weighted by atomic mass is 19.3. The van der Waals surface area contributed by atoms with E-state index in [1.54, 1.807) is 18.2 Å². The maximum atomic E-state index is 13.8. The molecule has 0 spiro atoms. The van der Waals surface area contributed by atoms with Gasteiger partial charge in [0.15, 0.2) is 6.61 Å². The van der Waals surface area contributed by atoms with Gasteiger partial charge in [-0.05, 0) is 24.3 Å². The SMILES string of the molecule is N#Cc1ccc(OCC(F)(F)c2ccccc2)cc1. The molecule has 0 radical (unpaired) electrons. The smallest absolute Gasteiger partial charge is 0.306 e. The average molecular weight is 259 g/mol. The van der Waals surface area contributed by atoms with Crippen LogP contribution in [0, 0.1) is 11.3 Å². The molecular formula is C15H11F2NO. The first-order valence-electron chi connectivity index (χ1n) is 5.68. The molecule has 2 aromatic rings. The minimum Gasteiger partial charge on any atom is -0.487 e. The van der Waals surface area contributed by atoms with Gasteiger partial charge in [-0.2, -0.15) is 14.0 Å². The van der Waals surface area contributed by atoms with Gasteiger partial charge < -0.3 is 4.74 Å². The van der Waals surface area contributed by atoms with E-state index < -0.39 is 12.5 Å². The van der Waals surface area contributed by atoms with Crippen molar-refractivity contribution >= 4 is 0 Å². The van der Waals surface area contributed by atoms with Gasteiger partial charge in [0.1, 0.15) is 5.75 Å². The Morgan fingerprint density at radius 2 is 1.63 bits per heavy atom. The lowest BCUT2D eigenvalue weighted by atomic mass is 10.1. The summed E-state index contributed by atoms with van der Waals surface area (Å²) in [5.74, 6) is -2.73. The molecule has 0 aromatic heterocycles. The predicted octanol–water partition coefficient (Wildman–Crippen LogP) is 3.73. The first-order chi connectivity index (χ1) is 9.12. The van der Waals surface area contributed by atoms with Crippen LogP contribution in [0.2, 0.25) is 0 Å². The second-order valence-electron chi connectivity index (χ2n) is 4.00. The van der Waals surface area contributed by atoms with Gasteiger partial charge in [-0.25, -0.2) is 0 Å². The number of nitriles is 1. The van der Waals surface area contributed by atoms with E-state index in [2.05, 4.69) is 0 Å². The van der Waals surface area contributed by atoms with Crippen LogP contribution in [-0.2, 0) is 5.92 Å². The Balaban J connectivity index is 2.03. The maximum absolute atomic E-state index is 13.8. The first kappa shape index (κ1) is 13.0. The molecule has 0 saturated carbocycles. The summed E-state index contributed by atoms with van der Waals surface area (Å²) in [5.41, 5.74) is 0.380. The Morgan fingerprint density at radius 1 is 1.00 bits per heavy atom. The quantitative estimate of drug-likeness (QED) is 0.838. The van der Waals surface area contributed by atoms with Crippen LogP contribution >= 0.6 is 0 Å². The highest BCUT2D eigenvalue weighted by Crippen LogP contribution is 2.28. The van der Waals surface area contributed by atoms with E-state index >= 15 is 0 Å². The van der Waals surface area contributed by atoms with Gasteiger partial charge in [-0.15, -0.1) is 0 Å².